The molecule has 0 aliphatic carbocycles. The van der Waals surface area contributed by atoms with Crippen LogP contribution in [0.3, 0.4) is 0 Å². The molecule has 310 valence electrons. The van der Waals surface area contributed by atoms with Gasteiger partial charge in [-0.2, -0.15) is 0 Å². The zero-order valence-corrected chi connectivity index (χ0v) is 34.7. The number of rotatable bonds is 21. The molecule has 0 bridgehead atoms. The van der Waals surface area contributed by atoms with Gasteiger partial charge in [-0.15, -0.1) is 11.8 Å². The molecule has 5 N–H and O–H groups in total. The first-order chi connectivity index (χ1) is 26.0. The maximum atomic E-state index is 13.9. The first-order valence-corrected chi connectivity index (χ1v) is 19.5. The maximum absolute atomic E-state index is 13.9. The second kappa shape index (κ2) is 20.9. The number of carboxylic acids is 2. The van der Waals surface area contributed by atoms with Crippen LogP contribution >= 0.6 is 11.8 Å². The summed E-state index contributed by atoms with van der Waals surface area (Å²) in [5.74, 6) is -5.03. The fourth-order valence-electron chi connectivity index (χ4n) is 6.29. The average Bonchev–Trinajstić information content (AvgIpc) is 3.37. The van der Waals surface area contributed by atoms with E-state index < -0.39 is 69.8 Å². The molecular weight excluding hydrogens is 745 g/mol. The number of likely N-dealkylation sites (N-methyl/N-ethyl adjacent to an activating group) is 2. The van der Waals surface area contributed by atoms with Gasteiger partial charge >= 0.3 is 11.9 Å². The highest BCUT2D eigenvalue weighted by Crippen LogP contribution is 2.31. The van der Waals surface area contributed by atoms with Crippen LogP contribution in [0.4, 0.5) is 0 Å². The van der Waals surface area contributed by atoms with E-state index in [-0.39, 0.29) is 68.5 Å². The van der Waals surface area contributed by atoms with E-state index in [2.05, 4.69) is 16.0 Å². The summed E-state index contributed by atoms with van der Waals surface area (Å²) in [6, 6.07) is 6.71. The number of hydrogen-bond acceptors (Lipinski definition) is 10. The van der Waals surface area contributed by atoms with Gasteiger partial charge < -0.3 is 31.1 Å². The fourth-order valence-corrected chi connectivity index (χ4v) is 7.39. The molecule has 16 nitrogen and oxygen atoms in total. The Labute approximate surface area is 333 Å². The van der Waals surface area contributed by atoms with E-state index >= 15 is 0 Å². The third kappa shape index (κ3) is 13.8. The summed E-state index contributed by atoms with van der Waals surface area (Å²) in [6.45, 7) is 10.8. The molecule has 17 heteroatoms. The zero-order chi connectivity index (χ0) is 42.5. The maximum Gasteiger partial charge on any atom is 0.326 e. The number of nitrogens with one attached hydrogen (secondary N) is 3. The molecule has 1 aromatic rings. The molecule has 1 heterocycles. The number of amides is 6. The van der Waals surface area contributed by atoms with Gasteiger partial charge in [0.05, 0.1) is 17.7 Å². The predicted octanol–water partition coefficient (Wildman–Crippen LogP) is 1.63. The van der Waals surface area contributed by atoms with Gasteiger partial charge in [0.25, 0.3) is 0 Å². The van der Waals surface area contributed by atoms with E-state index in [1.165, 1.54) is 17.9 Å². The molecule has 1 saturated heterocycles. The molecule has 6 amide bonds. The summed E-state index contributed by atoms with van der Waals surface area (Å²) in [7, 11) is 5.17. The Balaban J connectivity index is 1.96. The van der Waals surface area contributed by atoms with Crippen LogP contribution in [0.2, 0.25) is 0 Å². The minimum absolute atomic E-state index is 0.0168. The lowest BCUT2D eigenvalue weighted by atomic mass is 9.76. The quantitative estimate of drug-likeness (QED) is 0.0885. The minimum atomic E-state index is -1.41. The Morgan fingerprint density at radius 1 is 0.964 bits per heavy atom. The van der Waals surface area contributed by atoms with Crippen molar-refractivity contribution >= 4 is 59.1 Å². The van der Waals surface area contributed by atoms with Crippen LogP contribution in [0.15, 0.2) is 42.0 Å². The molecular formula is C39H58N6O10S. The van der Waals surface area contributed by atoms with Crippen molar-refractivity contribution in [1.82, 2.24) is 30.7 Å². The Morgan fingerprint density at radius 2 is 1.59 bits per heavy atom. The highest BCUT2D eigenvalue weighted by atomic mass is 32.2. The summed E-state index contributed by atoms with van der Waals surface area (Å²) in [5.41, 5.74) is -0.190. The Morgan fingerprint density at radius 3 is 2.14 bits per heavy atom. The standard InChI is InChI=1S/C39H58N6O10S/c1-24(17-20-44(9)36(53)31(38(2,3)4)42-34(51)32(43(7)8)39(5,6)25-13-11-10-12-14-25)33(50)41-26(37(54)55)15-16-28(46)40-19-21-45-29(47)23-27(35(45)52)56-22-18-30(48)49/h10-14,17,26-27,31-32H,15-16,18-23H2,1-9H3,(H,40,46)(H,41,50)(H,42,51)(H,48,49)(H,54,55)/b24-17+. The van der Waals surface area contributed by atoms with Crippen molar-refractivity contribution in [1.29, 1.82) is 0 Å². The van der Waals surface area contributed by atoms with Crippen molar-refractivity contribution < 1.29 is 48.6 Å². The van der Waals surface area contributed by atoms with Crippen molar-refractivity contribution in [2.45, 2.75) is 96.0 Å². The summed E-state index contributed by atoms with van der Waals surface area (Å²) in [5, 5.41) is 25.8. The number of carbonyl (C=O) groups is 8. The lowest BCUT2D eigenvalue weighted by molar-refractivity contribution is -0.142. The van der Waals surface area contributed by atoms with Gasteiger partial charge in [0.1, 0.15) is 12.1 Å². The molecule has 4 unspecified atom stereocenters. The van der Waals surface area contributed by atoms with Crippen LogP contribution in [0.1, 0.15) is 72.8 Å². The van der Waals surface area contributed by atoms with Gasteiger partial charge in [0.15, 0.2) is 0 Å². The fraction of sp³-hybridized carbons (Fsp3) is 0.590. The Hall–Kier alpha value is -4.77. The number of carboxylic acid groups (broad SMARTS) is 2. The molecule has 2 rings (SSSR count). The van der Waals surface area contributed by atoms with E-state index in [1.54, 1.807) is 7.05 Å². The first-order valence-electron chi connectivity index (χ1n) is 18.4. The lowest BCUT2D eigenvalue weighted by Gasteiger charge is -2.40. The van der Waals surface area contributed by atoms with Crippen molar-refractivity contribution in [3.63, 3.8) is 0 Å². The van der Waals surface area contributed by atoms with Crippen LogP contribution in [0, 0.1) is 5.41 Å². The van der Waals surface area contributed by atoms with E-state index in [9.17, 15) is 43.5 Å². The smallest absolute Gasteiger partial charge is 0.326 e. The summed E-state index contributed by atoms with van der Waals surface area (Å²) in [6.07, 6.45) is 0.753. The van der Waals surface area contributed by atoms with Gasteiger partial charge in [0, 0.05) is 56.3 Å². The minimum Gasteiger partial charge on any atom is -0.481 e. The number of nitrogens with zero attached hydrogens (tertiary/aromatic N) is 3. The SMILES string of the molecule is C/C(=C\CN(C)C(=O)C(NC(=O)C(N(C)C)C(C)(C)c1ccccc1)C(C)(C)C)C(=O)NC(CCC(=O)NCCN1C(=O)CC(SCCC(=O)O)C1=O)C(=O)O. The topological polar surface area (TPSA) is 223 Å². The molecule has 0 saturated carbocycles. The molecule has 1 fully saturated rings. The number of imide groups is 1. The third-order valence-corrected chi connectivity index (χ3v) is 10.7. The third-order valence-electron chi connectivity index (χ3n) is 9.53. The van der Waals surface area contributed by atoms with Crippen LogP contribution in [0.5, 0.6) is 0 Å². The number of hydrogen-bond donors (Lipinski definition) is 5. The second-order valence-corrected chi connectivity index (χ2v) is 17.0. The summed E-state index contributed by atoms with van der Waals surface area (Å²) >= 11 is 1.09. The predicted molar refractivity (Wildman–Crippen MR) is 211 cm³/mol. The van der Waals surface area contributed by atoms with E-state index in [0.717, 1.165) is 22.2 Å². The number of thioether (sulfide) groups is 1. The molecule has 0 aromatic heterocycles. The average molecular weight is 803 g/mol. The first kappa shape index (κ1) is 47.4. The zero-order valence-electron chi connectivity index (χ0n) is 33.8. The second-order valence-electron chi connectivity index (χ2n) is 15.7. The van der Waals surface area contributed by atoms with Crippen LogP contribution in [-0.2, 0) is 43.8 Å². The van der Waals surface area contributed by atoms with Gasteiger partial charge in [-0.25, -0.2) is 4.79 Å². The highest BCUT2D eigenvalue weighted by molar-refractivity contribution is 8.00. The number of likely N-dealkylation sites (tertiary alicyclic amines) is 1. The van der Waals surface area contributed by atoms with Crippen molar-refractivity contribution in [3.8, 4) is 0 Å². The molecule has 1 aromatic carbocycles. The van der Waals surface area contributed by atoms with Gasteiger partial charge in [0.2, 0.25) is 35.4 Å². The van der Waals surface area contributed by atoms with Crippen LogP contribution < -0.4 is 16.0 Å². The molecule has 1 aliphatic heterocycles. The van der Waals surface area contributed by atoms with Crippen molar-refractivity contribution in [2.24, 2.45) is 5.41 Å². The molecule has 0 spiro atoms. The van der Waals surface area contributed by atoms with Crippen molar-refractivity contribution in [2.75, 3.05) is 46.5 Å². The lowest BCUT2D eigenvalue weighted by Crippen LogP contribution is -2.61. The Kier molecular flexibility index (Phi) is 17.7. The van der Waals surface area contributed by atoms with Gasteiger partial charge in [-0.1, -0.05) is 71.0 Å². The number of carbonyl (C=O) groups excluding carboxylic acids is 6. The molecule has 4 atom stereocenters. The summed E-state index contributed by atoms with van der Waals surface area (Å²) in [4.78, 5) is 105. The number of aliphatic carboxylic acids is 2. The van der Waals surface area contributed by atoms with Crippen molar-refractivity contribution in [3.05, 3.63) is 47.5 Å². The normalized spacial score (nSPS) is 16.6. The molecule has 0 radical (unpaired) electrons. The Bertz CT molecular complexity index is 1640. The van der Waals surface area contributed by atoms with Gasteiger partial charge in [-0.3, -0.25) is 43.4 Å². The monoisotopic (exact) mass is 802 g/mol. The summed E-state index contributed by atoms with van der Waals surface area (Å²) < 4.78 is 0. The van der Waals surface area contributed by atoms with Crippen LogP contribution in [0.25, 0.3) is 0 Å². The van der Waals surface area contributed by atoms with Gasteiger partial charge in [-0.05, 0) is 38.4 Å². The molecule has 1 aliphatic rings. The van der Waals surface area contributed by atoms with E-state index in [4.69, 9.17) is 5.11 Å². The van der Waals surface area contributed by atoms with Crippen LogP contribution in [-0.4, -0.2) is 142 Å². The van der Waals surface area contributed by atoms with E-state index in [1.807, 2.05) is 83.9 Å². The van der Waals surface area contributed by atoms with E-state index in [0.29, 0.717) is 0 Å². The number of benzene rings is 1. The molecule has 56 heavy (non-hydrogen) atoms. The largest absolute Gasteiger partial charge is 0.481 e. The highest BCUT2D eigenvalue weighted by Gasteiger charge is 2.42.